The van der Waals surface area contributed by atoms with Gasteiger partial charge >= 0.3 is 0 Å². The van der Waals surface area contributed by atoms with Crippen LogP contribution in [0, 0.1) is 0 Å². The molecule has 4 heteroatoms. The lowest BCUT2D eigenvalue weighted by atomic mass is 9.88. The first-order chi connectivity index (χ1) is 8.83. The number of nitrogens with two attached hydrogens (primary N) is 1. The van der Waals surface area contributed by atoms with E-state index in [-0.39, 0.29) is 5.91 Å². The normalized spacial score (nSPS) is 21.8. The van der Waals surface area contributed by atoms with Gasteiger partial charge in [-0.05, 0) is 32.3 Å². The molecule has 1 unspecified atom stereocenters. The zero-order chi connectivity index (χ0) is 14.1. The summed E-state index contributed by atoms with van der Waals surface area (Å²) in [6.07, 6.45) is 1.20. The Kier molecular flexibility index (Phi) is 3.65. The Morgan fingerprint density at radius 3 is 2.37 bits per heavy atom. The standard InChI is InChI=1S/C15H22N2O2/c1-14(19)8-10-17(11-9-14)13(18)15(2,16)12-6-4-3-5-7-12/h3-7,19H,8-11,16H2,1-2H3. The number of hydrogen-bond donors (Lipinski definition) is 2. The van der Waals surface area contributed by atoms with Crippen LogP contribution in [-0.2, 0) is 10.3 Å². The van der Waals surface area contributed by atoms with E-state index in [4.69, 9.17) is 5.73 Å². The van der Waals surface area contributed by atoms with Gasteiger partial charge < -0.3 is 15.7 Å². The van der Waals surface area contributed by atoms with E-state index in [0.717, 1.165) is 5.56 Å². The summed E-state index contributed by atoms with van der Waals surface area (Å²) >= 11 is 0. The summed E-state index contributed by atoms with van der Waals surface area (Å²) in [7, 11) is 0. The van der Waals surface area contributed by atoms with Crippen LogP contribution < -0.4 is 5.73 Å². The van der Waals surface area contributed by atoms with Crippen molar-refractivity contribution < 1.29 is 9.90 Å². The van der Waals surface area contributed by atoms with Gasteiger partial charge in [-0.3, -0.25) is 4.79 Å². The Hall–Kier alpha value is -1.39. The first kappa shape index (κ1) is 14.0. The molecule has 1 saturated heterocycles. The van der Waals surface area contributed by atoms with E-state index in [9.17, 15) is 9.90 Å². The fraction of sp³-hybridized carbons (Fsp3) is 0.533. The van der Waals surface area contributed by atoms with Gasteiger partial charge in [0.05, 0.1) is 5.60 Å². The summed E-state index contributed by atoms with van der Waals surface area (Å²) in [5.41, 5.74) is 5.38. The van der Waals surface area contributed by atoms with Crippen LogP contribution >= 0.6 is 0 Å². The molecule has 4 nitrogen and oxygen atoms in total. The van der Waals surface area contributed by atoms with Crippen molar-refractivity contribution in [2.24, 2.45) is 5.73 Å². The summed E-state index contributed by atoms with van der Waals surface area (Å²) in [6, 6.07) is 9.42. The van der Waals surface area contributed by atoms with Crippen LogP contribution in [0.15, 0.2) is 30.3 Å². The summed E-state index contributed by atoms with van der Waals surface area (Å²) in [4.78, 5) is 14.3. The van der Waals surface area contributed by atoms with Crippen LogP contribution in [0.3, 0.4) is 0 Å². The number of rotatable bonds is 2. The number of carbonyl (C=O) groups excluding carboxylic acids is 1. The molecule has 1 aliphatic rings. The van der Waals surface area contributed by atoms with Gasteiger partial charge in [0.2, 0.25) is 5.91 Å². The van der Waals surface area contributed by atoms with E-state index in [0.29, 0.717) is 25.9 Å². The fourth-order valence-corrected chi connectivity index (χ4v) is 2.43. The third kappa shape index (κ3) is 2.96. The maximum absolute atomic E-state index is 12.6. The minimum atomic E-state index is -1.01. The van der Waals surface area contributed by atoms with Crippen molar-refractivity contribution in [1.82, 2.24) is 4.90 Å². The molecule has 19 heavy (non-hydrogen) atoms. The Balaban J connectivity index is 2.12. The van der Waals surface area contributed by atoms with Crippen LogP contribution in [0.4, 0.5) is 0 Å². The van der Waals surface area contributed by atoms with E-state index in [2.05, 4.69) is 0 Å². The Morgan fingerprint density at radius 2 is 1.84 bits per heavy atom. The number of aliphatic hydroxyl groups is 1. The van der Waals surface area contributed by atoms with Crippen LogP contribution in [0.1, 0.15) is 32.3 Å². The van der Waals surface area contributed by atoms with Crippen molar-refractivity contribution in [3.63, 3.8) is 0 Å². The highest BCUT2D eigenvalue weighted by atomic mass is 16.3. The molecule has 0 saturated carbocycles. The van der Waals surface area contributed by atoms with Gasteiger partial charge in [-0.15, -0.1) is 0 Å². The number of carbonyl (C=O) groups is 1. The molecule has 0 spiro atoms. The van der Waals surface area contributed by atoms with Crippen molar-refractivity contribution in [1.29, 1.82) is 0 Å². The fourth-order valence-electron chi connectivity index (χ4n) is 2.43. The topological polar surface area (TPSA) is 66.6 Å². The lowest BCUT2D eigenvalue weighted by Gasteiger charge is -2.39. The third-order valence-electron chi connectivity index (χ3n) is 3.95. The van der Waals surface area contributed by atoms with Gasteiger partial charge in [-0.1, -0.05) is 30.3 Å². The smallest absolute Gasteiger partial charge is 0.246 e. The lowest BCUT2D eigenvalue weighted by Crippen LogP contribution is -2.54. The van der Waals surface area contributed by atoms with Crippen LogP contribution in [-0.4, -0.2) is 34.6 Å². The second kappa shape index (κ2) is 4.94. The summed E-state index contributed by atoms with van der Waals surface area (Å²) in [5, 5.41) is 9.92. The molecule has 1 amide bonds. The average Bonchev–Trinajstić information content (AvgIpc) is 2.39. The number of benzene rings is 1. The second-order valence-corrected chi connectivity index (χ2v) is 5.86. The molecule has 1 aromatic rings. The van der Waals surface area contributed by atoms with Crippen molar-refractivity contribution in [3.8, 4) is 0 Å². The molecular formula is C15H22N2O2. The summed E-state index contributed by atoms with van der Waals surface area (Å²) in [6.45, 7) is 4.68. The zero-order valence-corrected chi connectivity index (χ0v) is 11.6. The van der Waals surface area contributed by atoms with E-state index in [1.807, 2.05) is 37.3 Å². The molecule has 0 radical (unpaired) electrons. The van der Waals surface area contributed by atoms with E-state index < -0.39 is 11.1 Å². The van der Waals surface area contributed by atoms with E-state index >= 15 is 0 Å². The average molecular weight is 262 g/mol. The van der Waals surface area contributed by atoms with Crippen molar-refractivity contribution >= 4 is 5.91 Å². The first-order valence-electron chi connectivity index (χ1n) is 6.69. The minimum Gasteiger partial charge on any atom is -0.390 e. The second-order valence-electron chi connectivity index (χ2n) is 5.86. The molecule has 1 aliphatic heterocycles. The van der Waals surface area contributed by atoms with E-state index in [1.54, 1.807) is 11.8 Å². The SMILES string of the molecule is CC1(O)CCN(C(=O)C(C)(N)c2ccccc2)CC1. The van der Waals surface area contributed by atoms with Crippen LogP contribution in [0.2, 0.25) is 0 Å². The minimum absolute atomic E-state index is 0.0748. The highest BCUT2D eigenvalue weighted by molar-refractivity contribution is 5.87. The number of nitrogens with zero attached hydrogens (tertiary/aromatic N) is 1. The number of hydrogen-bond acceptors (Lipinski definition) is 3. The molecule has 1 aromatic carbocycles. The maximum atomic E-state index is 12.6. The lowest BCUT2D eigenvalue weighted by molar-refractivity contribution is -0.140. The van der Waals surface area contributed by atoms with E-state index in [1.165, 1.54) is 0 Å². The van der Waals surface area contributed by atoms with Gasteiger partial charge in [-0.25, -0.2) is 0 Å². The molecule has 104 valence electrons. The van der Waals surface area contributed by atoms with Gasteiger partial charge in [0, 0.05) is 13.1 Å². The molecule has 0 bridgehead atoms. The van der Waals surface area contributed by atoms with Crippen molar-refractivity contribution in [2.75, 3.05) is 13.1 Å². The molecule has 1 heterocycles. The number of piperidine rings is 1. The molecule has 2 rings (SSSR count). The van der Waals surface area contributed by atoms with Gasteiger partial charge in [0.1, 0.15) is 5.54 Å². The predicted octanol–water partition coefficient (Wildman–Crippen LogP) is 1.23. The van der Waals surface area contributed by atoms with Gasteiger partial charge in [0.25, 0.3) is 0 Å². The number of amides is 1. The molecule has 3 N–H and O–H groups in total. The van der Waals surface area contributed by atoms with Crippen molar-refractivity contribution in [3.05, 3.63) is 35.9 Å². The summed E-state index contributed by atoms with van der Waals surface area (Å²) in [5.74, 6) is -0.0748. The molecular weight excluding hydrogens is 240 g/mol. The Morgan fingerprint density at radius 1 is 1.32 bits per heavy atom. The zero-order valence-electron chi connectivity index (χ0n) is 11.6. The van der Waals surface area contributed by atoms with Gasteiger partial charge in [0.15, 0.2) is 0 Å². The van der Waals surface area contributed by atoms with Gasteiger partial charge in [-0.2, -0.15) is 0 Å². The van der Waals surface area contributed by atoms with Crippen molar-refractivity contribution in [2.45, 2.75) is 37.8 Å². The summed E-state index contributed by atoms with van der Waals surface area (Å²) < 4.78 is 0. The molecule has 0 aromatic heterocycles. The Bertz CT molecular complexity index is 444. The molecule has 1 fully saturated rings. The largest absolute Gasteiger partial charge is 0.390 e. The quantitative estimate of drug-likeness (QED) is 0.842. The van der Waals surface area contributed by atoms with Crippen LogP contribution in [0.25, 0.3) is 0 Å². The Labute approximate surface area is 114 Å². The molecule has 1 atom stereocenters. The van der Waals surface area contributed by atoms with Crippen LogP contribution in [0.5, 0.6) is 0 Å². The monoisotopic (exact) mass is 262 g/mol. The highest BCUT2D eigenvalue weighted by Gasteiger charge is 2.37. The maximum Gasteiger partial charge on any atom is 0.246 e. The highest BCUT2D eigenvalue weighted by Crippen LogP contribution is 2.26. The first-order valence-corrected chi connectivity index (χ1v) is 6.69. The molecule has 0 aliphatic carbocycles. The number of likely N-dealkylation sites (tertiary alicyclic amines) is 1. The third-order valence-corrected chi connectivity index (χ3v) is 3.95. The predicted molar refractivity (Wildman–Crippen MR) is 74.4 cm³/mol.